The van der Waals surface area contributed by atoms with Crippen molar-refractivity contribution >= 4 is 28.5 Å². The fourth-order valence-electron chi connectivity index (χ4n) is 1.49. The van der Waals surface area contributed by atoms with E-state index in [0.29, 0.717) is 17.2 Å². The van der Waals surface area contributed by atoms with Crippen LogP contribution in [0.4, 0.5) is 5.69 Å². The Morgan fingerprint density at radius 1 is 1.47 bits per heavy atom. The standard InChI is InChI=1S/C11H15N3O2S/c12-7-1-2-9-10(3-7)14-11(13-9)6-17-5-8(16)4-15/h1-3,8,15-16H,4-6,12H2,(H,13,14). The zero-order valence-corrected chi connectivity index (χ0v) is 10.1. The first-order chi connectivity index (χ1) is 8.19. The Bertz CT molecular complexity index is 500. The van der Waals surface area contributed by atoms with Gasteiger partial charge in [0, 0.05) is 11.4 Å². The Morgan fingerprint density at radius 2 is 2.29 bits per heavy atom. The number of rotatable bonds is 5. The lowest BCUT2D eigenvalue weighted by Crippen LogP contribution is -2.14. The summed E-state index contributed by atoms with van der Waals surface area (Å²) in [5.41, 5.74) is 8.19. The average molecular weight is 253 g/mol. The lowest BCUT2D eigenvalue weighted by Gasteiger charge is -2.04. The van der Waals surface area contributed by atoms with Crippen LogP contribution in [-0.2, 0) is 5.75 Å². The molecule has 5 nitrogen and oxygen atoms in total. The minimum absolute atomic E-state index is 0.205. The first-order valence-electron chi connectivity index (χ1n) is 5.30. The number of aliphatic hydroxyl groups excluding tert-OH is 2. The SMILES string of the molecule is Nc1ccc2nc(CSCC(O)CO)[nH]c2c1. The Labute approximate surface area is 103 Å². The molecule has 1 unspecified atom stereocenters. The zero-order valence-electron chi connectivity index (χ0n) is 9.26. The van der Waals surface area contributed by atoms with Gasteiger partial charge in [-0.2, -0.15) is 11.8 Å². The van der Waals surface area contributed by atoms with E-state index in [4.69, 9.17) is 10.8 Å². The van der Waals surface area contributed by atoms with Crippen molar-refractivity contribution in [3.8, 4) is 0 Å². The minimum atomic E-state index is -0.667. The van der Waals surface area contributed by atoms with E-state index >= 15 is 0 Å². The highest BCUT2D eigenvalue weighted by molar-refractivity contribution is 7.98. The molecule has 17 heavy (non-hydrogen) atoms. The maximum atomic E-state index is 9.19. The number of anilines is 1. The fraction of sp³-hybridized carbons (Fsp3) is 0.364. The fourth-order valence-corrected chi connectivity index (χ4v) is 2.32. The van der Waals surface area contributed by atoms with Gasteiger partial charge in [-0.15, -0.1) is 0 Å². The molecule has 1 aromatic heterocycles. The molecule has 92 valence electrons. The second-order valence-corrected chi connectivity index (χ2v) is 4.84. The van der Waals surface area contributed by atoms with Crippen LogP contribution in [-0.4, -0.2) is 38.6 Å². The number of nitrogen functional groups attached to an aromatic ring is 1. The van der Waals surface area contributed by atoms with Gasteiger partial charge < -0.3 is 20.9 Å². The lowest BCUT2D eigenvalue weighted by atomic mass is 10.3. The van der Waals surface area contributed by atoms with Gasteiger partial charge >= 0.3 is 0 Å². The molecule has 0 saturated heterocycles. The summed E-state index contributed by atoms with van der Waals surface area (Å²) in [5.74, 6) is 2.02. The van der Waals surface area contributed by atoms with Gasteiger partial charge in [0.25, 0.3) is 0 Å². The summed E-state index contributed by atoms with van der Waals surface area (Å²) in [7, 11) is 0. The Morgan fingerprint density at radius 3 is 3.06 bits per heavy atom. The molecule has 1 atom stereocenters. The highest BCUT2D eigenvalue weighted by Crippen LogP contribution is 2.18. The number of aromatic nitrogens is 2. The number of fused-ring (bicyclic) bond motifs is 1. The van der Waals surface area contributed by atoms with Crippen LogP contribution in [0, 0.1) is 0 Å². The average Bonchev–Trinajstić information content (AvgIpc) is 2.70. The molecule has 2 aromatic rings. The van der Waals surface area contributed by atoms with Crippen LogP contribution in [0.5, 0.6) is 0 Å². The van der Waals surface area contributed by atoms with Gasteiger partial charge in [0.05, 0.1) is 29.5 Å². The molecule has 0 spiro atoms. The molecule has 0 fully saturated rings. The number of H-pyrrole nitrogens is 1. The van der Waals surface area contributed by atoms with E-state index in [-0.39, 0.29) is 6.61 Å². The van der Waals surface area contributed by atoms with Crippen LogP contribution in [0.3, 0.4) is 0 Å². The molecule has 0 aliphatic rings. The van der Waals surface area contributed by atoms with Gasteiger partial charge in [-0.3, -0.25) is 0 Å². The number of nitrogens with zero attached hydrogens (tertiary/aromatic N) is 1. The van der Waals surface area contributed by atoms with Gasteiger partial charge in [-0.1, -0.05) is 0 Å². The van der Waals surface area contributed by atoms with E-state index in [9.17, 15) is 5.11 Å². The van der Waals surface area contributed by atoms with Crippen molar-refractivity contribution in [2.75, 3.05) is 18.1 Å². The summed E-state index contributed by atoms with van der Waals surface area (Å²) in [6.07, 6.45) is -0.667. The maximum Gasteiger partial charge on any atom is 0.117 e. The quantitative estimate of drug-likeness (QED) is 0.589. The summed E-state index contributed by atoms with van der Waals surface area (Å²) in [4.78, 5) is 7.57. The van der Waals surface area contributed by atoms with Gasteiger partial charge in [-0.05, 0) is 18.2 Å². The predicted octanol–water partition coefficient (Wildman–Crippen LogP) is 0.732. The first-order valence-corrected chi connectivity index (χ1v) is 6.45. The number of aliphatic hydroxyl groups is 2. The van der Waals surface area contributed by atoms with Crippen LogP contribution >= 0.6 is 11.8 Å². The predicted molar refractivity (Wildman–Crippen MR) is 69.8 cm³/mol. The summed E-state index contributed by atoms with van der Waals surface area (Å²) < 4.78 is 0. The van der Waals surface area contributed by atoms with Gasteiger partial charge in [-0.25, -0.2) is 4.98 Å². The van der Waals surface area contributed by atoms with Crippen molar-refractivity contribution in [1.82, 2.24) is 9.97 Å². The molecule has 0 bridgehead atoms. The second-order valence-electron chi connectivity index (χ2n) is 3.81. The smallest absolute Gasteiger partial charge is 0.117 e. The number of nitrogens with one attached hydrogen (secondary N) is 1. The molecule has 5 N–H and O–H groups in total. The summed E-state index contributed by atoms with van der Waals surface area (Å²) in [6.45, 7) is -0.205. The second kappa shape index (κ2) is 5.39. The monoisotopic (exact) mass is 253 g/mol. The van der Waals surface area contributed by atoms with Gasteiger partial charge in [0.1, 0.15) is 5.82 Å². The molecule has 2 rings (SSSR count). The summed E-state index contributed by atoms with van der Waals surface area (Å²) in [6, 6.07) is 5.53. The van der Waals surface area contributed by atoms with E-state index < -0.39 is 6.10 Å². The van der Waals surface area contributed by atoms with Crippen LogP contribution in [0.25, 0.3) is 11.0 Å². The van der Waals surface area contributed by atoms with Crippen molar-refractivity contribution in [3.05, 3.63) is 24.0 Å². The van der Waals surface area contributed by atoms with Gasteiger partial charge in [0.2, 0.25) is 0 Å². The number of hydrogen-bond acceptors (Lipinski definition) is 5. The Hall–Kier alpha value is -1.24. The number of imidazole rings is 1. The molecular formula is C11H15N3O2S. The molecule has 0 saturated carbocycles. The van der Waals surface area contributed by atoms with Crippen molar-refractivity contribution in [2.24, 2.45) is 0 Å². The Balaban J connectivity index is 1.99. The third-order valence-electron chi connectivity index (χ3n) is 2.31. The van der Waals surface area contributed by atoms with Crippen LogP contribution in [0.15, 0.2) is 18.2 Å². The number of benzene rings is 1. The molecule has 0 aliphatic heterocycles. The van der Waals surface area contributed by atoms with E-state index in [2.05, 4.69) is 9.97 Å². The van der Waals surface area contributed by atoms with Crippen LogP contribution in [0.1, 0.15) is 5.82 Å². The normalized spacial score (nSPS) is 13.1. The molecule has 0 aliphatic carbocycles. The van der Waals surface area contributed by atoms with Gasteiger partial charge in [0.15, 0.2) is 0 Å². The van der Waals surface area contributed by atoms with E-state index in [1.165, 1.54) is 11.8 Å². The largest absolute Gasteiger partial charge is 0.399 e. The van der Waals surface area contributed by atoms with Crippen molar-refractivity contribution in [1.29, 1.82) is 0 Å². The number of hydrogen-bond donors (Lipinski definition) is 4. The van der Waals surface area contributed by atoms with E-state index in [1.54, 1.807) is 0 Å². The minimum Gasteiger partial charge on any atom is -0.399 e. The molecular weight excluding hydrogens is 238 g/mol. The van der Waals surface area contributed by atoms with E-state index in [0.717, 1.165) is 16.9 Å². The highest BCUT2D eigenvalue weighted by atomic mass is 32.2. The van der Waals surface area contributed by atoms with Crippen molar-refractivity contribution in [3.63, 3.8) is 0 Å². The van der Waals surface area contributed by atoms with Crippen LogP contribution < -0.4 is 5.73 Å². The molecule has 1 aromatic carbocycles. The molecule has 0 radical (unpaired) electrons. The summed E-state index contributed by atoms with van der Waals surface area (Å²) >= 11 is 1.52. The van der Waals surface area contributed by atoms with Crippen molar-refractivity contribution < 1.29 is 10.2 Å². The Kier molecular flexibility index (Phi) is 3.88. The number of thioether (sulfide) groups is 1. The molecule has 6 heteroatoms. The highest BCUT2D eigenvalue weighted by Gasteiger charge is 2.05. The zero-order chi connectivity index (χ0) is 12.3. The van der Waals surface area contributed by atoms with Crippen LogP contribution in [0.2, 0.25) is 0 Å². The van der Waals surface area contributed by atoms with E-state index in [1.807, 2.05) is 18.2 Å². The topological polar surface area (TPSA) is 95.2 Å². The third kappa shape index (κ3) is 3.12. The maximum absolute atomic E-state index is 9.19. The first kappa shape index (κ1) is 12.2. The number of nitrogens with two attached hydrogens (primary N) is 1. The number of aromatic amines is 1. The lowest BCUT2D eigenvalue weighted by molar-refractivity contribution is 0.113. The van der Waals surface area contributed by atoms with Crippen molar-refractivity contribution in [2.45, 2.75) is 11.9 Å². The molecule has 0 amide bonds. The third-order valence-corrected chi connectivity index (χ3v) is 3.41. The summed E-state index contributed by atoms with van der Waals surface area (Å²) in [5, 5.41) is 17.9. The molecule has 1 heterocycles.